The molecule has 0 spiro atoms. The summed E-state index contributed by atoms with van der Waals surface area (Å²) in [5.74, 6) is 0. The first-order valence-electron chi connectivity index (χ1n) is 3.28. The standard InChI is InChI=1S/C6H7BO3/c1-2-6(8-4-1)7-3-5-9-10-7/h1-2,4H,3,5H2. The smallest absolute Gasteiger partial charge is 0.414 e. The molecular weight excluding hydrogens is 131 g/mol. The molecule has 0 aliphatic carbocycles. The van der Waals surface area contributed by atoms with Gasteiger partial charge >= 0.3 is 6.92 Å². The van der Waals surface area contributed by atoms with Gasteiger partial charge in [0.15, 0.2) is 0 Å². The van der Waals surface area contributed by atoms with Crippen LogP contribution in [0.25, 0.3) is 0 Å². The fourth-order valence-corrected chi connectivity index (χ4v) is 0.998. The normalized spacial score (nSPS) is 18.2. The number of furan rings is 1. The van der Waals surface area contributed by atoms with Crippen molar-refractivity contribution < 1.29 is 14.1 Å². The molecule has 1 aromatic rings. The molecule has 3 nitrogen and oxygen atoms in total. The minimum absolute atomic E-state index is 0.00926. The van der Waals surface area contributed by atoms with Gasteiger partial charge in [-0.3, -0.25) is 9.69 Å². The van der Waals surface area contributed by atoms with E-state index in [9.17, 15) is 0 Å². The summed E-state index contributed by atoms with van der Waals surface area (Å²) in [6.45, 7) is 0.667. The monoisotopic (exact) mass is 138 g/mol. The highest BCUT2D eigenvalue weighted by molar-refractivity contribution is 6.66. The molecule has 2 heterocycles. The van der Waals surface area contributed by atoms with Gasteiger partial charge in [0.1, 0.15) is 5.66 Å². The molecule has 0 bridgehead atoms. The minimum Gasteiger partial charge on any atom is -0.476 e. The molecule has 1 saturated heterocycles. The van der Waals surface area contributed by atoms with Gasteiger partial charge in [0.2, 0.25) is 0 Å². The van der Waals surface area contributed by atoms with Gasteiger partial charge in [0.05, 0.1) is 12.9 Å². The Balaban J connectivity index is 2.12. The largest absolute Gasteiger partial charge is 0.476 e. The van der Waals surface area contributed by atoms with Crippen molar-refractivity contribution in [3.05, 3.63) is 18.4 Å². The van der Waals surface area contributed by atoms with Crippen LogP contribution in [0.4, 0.5) is 0 Å². The fraction of sp³-hybridized carbons (Fsp3) is 0.333. The second kappa shape index (κ2) is 2.48. The van der Waals surface area contributed by atoms with E-state index in [1.807, 2.05) is 12.1 Å². The van der Waals surface area contributed by atoms with E-state index in [1.54, 1.807) is 6.26 Å². The summed E-state index contributed by atoms with van der Waals surface area (Å²) in [7, 11) is 0. The number of hydrogen-bond donors (Lipinski definition) is 0. The maximum absolute atomic E-state index is 5.11. The van der Waals surface area contributed by atoms with E-state index >= 15 is 0 Å². The zero-order valence-electron chi connectivity index (χ0n) is 5.45. The van der Waals surface area contributed by atoms with Crippen LogP contribution in [0.2, 0.25) is 6.32 Å². The highest BCUT2D eigenvalue weighted by atomic mass is 17.2. The van der Waals surface area contributed by atoms with E-state index in [2.05, 4.69) is 0 Å². The fourth-order valence-electron chi connectivity index (χ4n) is 0.998. The molecule has 2 rings (SSSR count). The quantitative estimate of drug-likeness (QED) is 0.416. The van der Waals surface area contributed by atoms with Crippen LogP contribution in [0.15, 0.2) is 22.8 Å². The summed E-state index contributed by atoms with van der Waals surface area (Å²) in [6.07, 6.45) is 2.52. The molecule has 1 aromatic heterocycles. The molecule has 1 aliphatic heterocycles. The Bertz CT molecular complexity index is 191. The second-order valence-electron chi connectivity index (χ2n) is 2.21. The van der Waals surface area contributed by atoms with Gasteiger partial charge in [-0.15, -0.1) is 0 Å². The first-order chi connectivity index (χ1) is 4.97. The van der Waals surface area contributed by atoms with Crippen LogP contribution in [-0.2, 0) is 9.69 Å². The van der Waals surface area contributed by atoms with Crippen LogP contribution >= 0.6 is 0 Å². The third kappa shape index (κ3) is 0.957. The van der Waals surface area contributed by atoms with Crippen molar-refractivity contribution in [2.24, 2.45) is 0 Å². The molecular formula is C6H7BO3. The van der Waals surface area contributed by atoms with Gasteiger partial charge in [0, 0.05) is 0 Å². The van der Waals surface area contributed by atoms with E-state index in [0.717, 1.165) is 12.0 Å². The molecule has 0 aromatic carbocycles. The van der Waals surface area contributed by atoms with Crippen LogP contribution in [0.3, 0.4) is 0 Å². The van der Waals surface area contributed by atoms with Crippen molar-refractivity contribution in [3.63, 3.8) is 0 Å². The molecule has 0 amide bonds. The lowest BCUT2D eigenvalue weighted by molar-refractivity contribution is -0.184. The molecule has 10 heavy (non-hydrogen) atoms. The van der Waals surface area contributed by atoms with E-state index < -0.39 is 0 Å². The summed E-state index contributed by atoms with van der Waals surface area (Å²) in [6, 6.07) is 3.73. The summed E-state index contributed by atoms with van der Waals surface area (Å²) < 4.78 is 5.11. The third-order valence-corrected chi connectivity index (χ3v) is 1.51. The predicted molar refractivity (Wildman–Crippen MR) is 35.9 cm³/mol. The van der Waals surface area contributed by atoms with Crippen LogP contribution in [0.5, 0.6) is 0 Å². The van der Waals surface area contributed by atoms with Gasteiger partial charge < -0.3 is 4.42 Å². The zero-order valence-corrected chi connectivity index (χ0v) is 5.45. The maximum Gasteiger partial charge on any atom is 0.414 e. The maximum atomic E-state index is 5.11. The van der Waals surface area contributed by atoms with Crippen molar-refractivity contribution in [2.75, 3.05) is 6.61 Å². The first-order valence-corrected chi connectivity index (χ1v) is 3.28. The molecule has 0 saturated carbocycles. The van der Waals surface area contributed by atoms with Crippen LogP contribution < -0.4 is 5.66 Å². The minimum atomic E-state index is 0.00926. The van der Waals surface area contributed by atoms with Crippen molar-refractivity contribution in [2.45, 2.75) is 6.32 Å². The van der Waals surface area contributed by atoms with Gasteiger partial charge in [-0.25, -0.2) is 0 Å². The predicted octanol–water partition coefficient (Wildman–Crippen LogP) is 0.440. The molecule has 1 aliphatic rings. The lowest BCUT2D eigenvalue weighted by Crippen LogP contribution is -2.27. The molecule has 0 radical (unpaired) electrons. The lowest BCUT2D eigenvalue weighted by Gasteiger charge is -1.95. The summed E-state index contributed by atoms with van der Waals surface area (Å²) in [5.41, 5.74) is 0.845. The Morgan fingerprint density at radius 1 is 1.50 bits per heavy atom. The highest BCUT2D eigenvalue weighted by Gasteiger charge is 2.28. The Hall–Kier alpha value is -0.735. The Morgan fingerprint density at radius 2 is 2.50 bits per heavy atom. The van der Waals surface area contributed by atoms with Crippen LogP contribution in [-0.4, -0.2) is 13.5 Å². The third-order valence-electron chi connectivity index (χ3n) is 1.51. The summed E-state index contributed by atoms with van der Waals surface area (Å²) in [5, 5.41) is 0. The van der Waals surface area contributed by atoms with Gasteiger partial charge in [-0.2, -0.15) is 0 Å². The van der Waals surface area contributed by atoms with Crippen LogP contribution in [0, 0.1) is 0 Å². The second-order valence-corrected chi connectivity index (χ2v) is 2.21. The molecule has 52 valence electrons. The SMILES string of the molecule is c1coc(B2CCOO2)c1. The highest BCUT2D eigenvalue weighted by Crippen LogP contribution is 2.05. The van der Waals surface area contributed by atoms with Gasteiger partial charge in [0.25, 0.3) is 0 Å². The van der Waals surface area contributed by atoms with Crippen LogP contribution in [0.1, 0.15) is 0 Å². The Morgan fingerprint density at radius 3 is 3.10 bits per heavy atom. The van der Waals surface area contributed by atoms with E-state index in [-0.39, 0.29) is 6.92 Å². The van der Waals surface area contributed by atoms with E-state index in [0.29, 0.717) is 6.61 Å². The summed E-state index contributed by atoms with van der Waals surface area (Å²) in [4.78, 5) is 9.62. The number of hydrogen-bond acceptors (Lipinski definition) is 3. The molecule has 4 heteroatoms. The van der Waals surface area contributed by atoms with E-state index in [4.69, 9.17) is 14.1 Å². The van der Waals surface area contributed by atoms with Gasteiger partial charge in [-0.05, 0) is 18.5 Å². The average molecular weight is 138 g/mol. The summed E-state index contributed by atoms with van der Waals surface area (Å²) >= 11 is 0. The van der Waals surface area contributed by atoms with Crippen molar-refractivity contribution in [1.29, 1.82) is 0 Å². The zero-order chi connectivity index (χ0) is 6.81. The number of rotatable bonds is 1. The van der Waals surface area contributed by atoms with Crippen molar-refractivity contribution >= 4 is 12.6 Å². The topological polar surface area (TPSA) is 31.6 Å². The molecule has 1 fully saturated rings. The molecule has 0 atom stereocenters. The first kappa shape index (κ1) is 6.01. The van der Waals surface area contributed by atoms with Gasteiger partial charge in [-0.1, -0.05) is 0 Å². The van der Waals surface area contributed by atoms with E-state index in [1.165, 1.54) is 0 Å². The van der Waals surface area contributed by atoms with Crippen molar-refractivity contribution in [3.8, 4) is 0 Å². The molecule has 0 unspecified atom stereocenters. The molecule has 0 N–H and O–H groups in total. The average Bonchev–Trinajstić information content (AvgIpc) is 2.59. The lowest BCUT2D eigenvalue weighted by atomic mass is 9.63. The van der Waals surface area contributed by atoms with Crippen molar-refractivity contribution in [1.82, 2.24) is 0 Å². The Labute approximate surface area is 59.0 Å². The Kier molecular flexibility index (Phi) is 1.49.